The number of benzene rings is 1. The Morgan fingerprint density at radius 2 is 1.76 bits per heavy atom. The number of hydrogen-bond acceptors (Lipinski definition) is 4. The molecule has 180 valence electrons. The van der Waals surface area contributed by atoms with Crippen molar-refractivity contribution in [3.05, 3.63) is 29.8 Å². The van der Waals surface area contributed by atoms with Gasteiger partial charge in [-0.3, -0.25) is 9.59 Å². The number of fused-ring (bicyclic) bond motifs is 2. The summed E-state index contributed by atoms with van der Waals surface area (Å²) in [5, 5.41) is 9.65. The minimum Gasteiger partial charge on any atom is -0.497 e. The van der Waals surface area contributed by atoms with Crippen LogP contribution < -0.4 is 4.74 Å². The number of carbonyl (C=O) groups is 3. The summed E-state index contributed by atoms with van der Waals surface area (Å²) in [4.78, 5) is 43.4. The van der Waals surface area contributed by atoms with Crippen LogP contribution in [-0.2, 0) is 16.1 Å². The lowest BCUT2D eigenvalue weighted by molar-refractivity contribution is -0.152. The highest BCUT2D eigenvalue weighted by molar-refractivity contribution is 5.91. The molecule has 0 saturated carbocycles. The number of ether oxygens (including phenoxy) is 1. The molecule has 2 bridgehead atoms. The van der Waals surface area contributed by atoms with E-state index in [1.807, 2.05) is 29.2 Å². The Balaban J connectivity index is 1.54. The lowest BCUT2D eigenvalue weighted by Crippen LogP contribution is -2.65. The van der Waals surface area contributed by atoms with Crippen LogP contribution in [0, 0.1) is 16.7 Å². The molecule has 8 nitrogen and oxygen atoms in total. The number of hydrogen-bond donors (Lipinski definition) is 1. The quantitative estimate of drug-likeness (QED) is 0.751. The minimum atomic E-state index is -0.889. The Hall–Kier alpha value is -2.77. The SMILES string of the molecule is COc1ccc(CN2C(=O)CC[C@H]2C(=O)N2CC3CN(C(=O)O)CC(C(C)(C)C)(C3)C2)cc1. The van der Waals surface area contributed by atoms with Crippen molar-refractivity contribution in [1.29, 1.82) is 0 Å². The third-order valence-corrected chi connectivity index (χ3v) is 7.92. The van der Waals surface area contributed by atoms with Crippen molar-refractivity contribution in [2.45, 2.75) is 52.6 Å². The van der Waals surface area contributed by atoms with Gasteiger partial charge in [0, 0.05) is 44.6 Å². The zero-order valence-electron chi connectivity index (χ0n) is 20.0. The van der Waals surface area contributed by atoms with E-state index in [4.69, 9.17) is 4.74 Å². The Kier molecular flexibility index (Phi) is 6.05. The van der Waals surface area contributed by atoms with Crippen LogP contribution in [0.3, 0.4) is 0 Å². The first kappa shape index (κ1) is 23.4. The van der Waals surface area contributed by atoms with Crippen LogP contribution in [0.15, 0.2) is 24.3 Å². The summed E-state index contributed by atoms with van der Waals surface area (Å²) in [5.74, 6) is 0.862. The van der Waals surface area contributed by atoms with Gasteiger partial charge in [-0.1, -0.05) is 32.9 Å². The molecule has 8 heteroatoms. The zero-order valence-corrected chi connectivity index (χ0v) is 20.0. The zero-order chi connectivity index (χ0) is 24.0. The molecule has 2 unspecified atom stereocenters. The van der Waals surface area contributed by atoms with E-state index in [0.717, 1.165) is 17.7 Å². The van der Waals surface area contributed by atoms with E-state index in [2.05, 4.69) is 20.8 Å². The Morgan fingerprint density at radius 3 is 2.36 bits per heavy atom. The largest absolute Gasteiger partial charge is 0.497 e. The summed E-state index contributed by atoms with van der Waals surface area (Å²) in [6.45, 7) is 8.77. The second-order valence-electron chi connectivity index (χ2n) is 10.9. The maximum absolute atomic E-state index is 13.7. The van der Waals surface area contributed by atoms with Gasteiger partial charge in [0.1, 0.15) is 11.8 Å². The summed E-state index contributed by atoms with van der Waals surface area (Å²) in [7, 11) is 1.61. The lowest BCUT2D eigenvalue weighted by Gasteiger charge is -2.58. The molecule has 4 rings (SSSR count). The molecule has 3 aliphatic rings. The molecule has 3 amide bonds. The van der Waals surface area contributed by atoms with Gasteiger partial charge in [-0.05, 0) is 41.9 Å². The number of carboxylic acid groups (broad SMARTS) is 1. The molecule has 0 spiro atoms. The highest BCUT2D eigenvalue weighted by atomic mass is 16.5. The molecule has 3 heterocycles. The minimum absolute atomic E-state index is 0.00328. The van der Waals surface area contributed by atoms with Crippen molar-refractivity contribution in [1.82, 2.24) is 14.7 Å². The molecule has 0 radical (unpaired) electrons. The molecular formula is C25H35N3O5. The van der Waals surface area contributed by atoms with Gasteiger partial charge >= 0.3 is 6.09 Å². The van der Waals surface area contributed by atoms with Crippen LogP contribution >= 0.6 is 0 Å². The van der Waals surface area contributed by atoms with Crippen molar-refractivity contribution >= 4 is 17.9 Å². The molecule has 3 fully saturated rings. The van der Waals surface area contributed by atoms with Gasteiger partial charge in [0.15, 0.2) is 0 Å². The van der Waals surface area contributed by atoms with Crippen LogP contribution in [0.5, 0.6) is 5.75 Å². The first-order chi connectivity index (χ1) is 15.5. The van der Waals surface area contributed by atoms with Crippen molar-refractivity contribution in [3.8, 4) is 5.75 Å². The molecule has 3 atom stereocenters. The monoisotopic (exact) mass is 457 g/mol. The van der Waals surface area contributed by atoms with Crippen molar-refractivity contribution in [2.24, 2.45) is 16.7 Å². The molecule has 1 aromatic carbocycles. The Bertz CT molecular complexity index is 925. The van der Waals surface area contributed by atoms with Crippen molar-refractivity contribution in [3.63, 3.8) is 0 Å². The van der Waals surface area contributed by atoms with Crippen molar-refractivity contribution < 1.29 is 24.2 Å². The third kappa shape index (κ3) is 4.39. The molecule has 3 aliphatic heterocycles. The van der Waals surface area contributed by atoms with E-state index < -0.39 is 12.1 Å². The van der Waals surface area contributed by atoms with E-state index in [-0.39, 0.29) is 28.6 Å². The molecule has 0 aromatic heterocycles. The van der Waals surface area contributed by atoms with E-state index in [0.29, 0.717) is 45.6 Å². The molecule has 33 heavy (non-hydrogen) atoms. The second kappa shape index (κ2) is 8.54. The third-order valence-electron chi connectivity index (χ3n) is 7.92. The number of carbonyl (C=O) groups excluding carboxylic acids is 2. The lowest BCUT2D eigenvalue weighted by atomic mass is 9.58. The number of likely N-dealkylation sites (tertiary alicyclic amines) is 3. The van der Waals surface area contributed by atoms with Gasteiger partial charge in [0.2, 0.25) is 11.8 Å². The van der Waals surface area contributed by atoms with E-state index in [9.17, 15) is 19.5 Å². The van der Waals surface area contributed by atoms with E-state index in [1.54, 1.807) is 12.0 Å². The highest BCUT2D eigenvalue weighted by Crippen LogP contribution is 2.50. The average molecular weight is 458 g/mol. The number of nitrogens with zero attached hydrogens (tertiary/aromatic N) is 3. The maximum Gasteiger partial charge on any atom is 0.407 e. The van der Waals surface area contributed by atoms with Gasteiger partial charge in [-0.15, -0.1) is 0 Å². The molecule has 3 saturated heterocycles. The normalized spacial score (nSPS) is 27.6. The van der Waals surface area contributed by atoms with E-state index >= 15 is 0 Å². The standard InChI is InChI=1S/C25H35N3O5/c1-24(2,3)25-11-18(13-27(16-25)23(31)32)12-26(15-25)22(30)20-9-10-21(29)28(20)14-17-5-7-19(33-4)8-6-17/h5-8,18,20H,9-16H2,1-4H3,(H,31,32)/t18?,20-,25?/m0/s1. The fourth-order valence-electron chi connectivity index (χ4n) is 5.82. The van der Waals surface area contributed by atoms with Crippen LogP contribution in [0.2, 0.25) is 0 Å². The number of rotatable bonds is 4. The van der Waals surface area contributed by atoms with Gasteiger partial charge in [-0.25, -0.2) is 4.79 Å². The van der Waals surface area contributed by atoms with Gasteiger partial charge < -0.3 is 24.5 Å². The predicted molar refractivity (Wildman–Crippen MR) is 123 cm³/mol. The van der Waals surface area contributed by atoms with Crippen LogP contribution in [0.25, 0.3) is 0 Å². The summed E-state index contributed by atoms with van der Waals surface area (Å²) < 4.78 is 5.21. The molecule has 1 N–H and O–H groups in total. The Morgan fingerprint density at radius 1 is 1.12 bits per heavy atom. The van der Waals surface area contributed by atoms with Crippen molar-refractivity contribution in [2.75, 3.05) is 33.3 Å². The average Bonchev–Trinajstić information content (AvgIpc) is 3.12. The predicted octanol–water partition coefficient (Wildman–Crippen LogP) is 3.06. The summed E-state index contributed by atoms with van der Waals surface area (Å²) in [6.07, 6.45) is 0.934. The topological polar surface area (TPSA) is 90.4 Å². The number of amides is 3. The first-order valence-corrected chi connectivity index (χ1v) is 11.7. The van der Waals surface area contributed by atoms with Gasteiger partial charge in [0.25, 0.3) is 0 Å². The molecular weight excluding hydrogens is 422 g/mol. The molecule has 1 aromatic rings. The maximum atomic E-state index is 13.7. The fourth-order valence-corrected chi connectivity index (χ4v) is 5.82. The summed E-state index contributed by atoms with van der Waals surface area (Å²) in [6, 6.07) is 7.10. The number of piperidine rings is 2. The van der Waals surface area contributed by atoms with Gasteiger partial charge in [-0.2, -0.15) is 0 Å². The highest BCUT2D eigenvalue weighted by Gasteiger charge is 2.54. The van der Waals surface area contributed by atoms with Crippen LogP contribution in [0.4, 0.5) is 4.79 Å². The van der Waals surface area contributed by atoms with E-state index in [1.165, 1.54) is 4.90 Å². The summed E-state index contributed by atoms with van der Waals surface area (Å²) in [5.41, 5.74) is 0.501. The second-order valence-corrected chi connectivity index (χ2v) is 10.9. The first-order valence-electron chi connectivity index (χ1n) is 11.7. The Labute approximate surface area is 195 Å². The van der Waals surface area contributed by atoms with Gasteiger partial charge in [0.05, 0.1) is 7.11 Å². The smallest absolute Gasteiger partial charge is 0.407 e. The van der Waals surface area contributed by atoms with Crippen LogP contribution in [-0.4, -0.2) is 77.0 Å². The van der Waals surface area contributed by atoms with Crippen LogP contribution in [0.1, 0.15) is 45.6 Å². The number of methoxy groups -OCH3 is 1. The fraction of sp³-hybridized carbons (Fsp3) is 0.640. The molecule has 0 aliphatic carbocycles. The summed E-state index contributed by atoms with van der Waals surface area (Å²) >= 11 is 0.